The molecule has 1 fully saturated rings. The van der Waals surface area contributed by atoms with Crippen molar-refractivity contribution in [2.45, 2.75) is 18.1 Å². The van der Waals surface area contributed by atoms with Gasteiger partial charge in [-0.25, -0.2) is 13.8 Å². The lowest BCUT2D eigenvalue weighted by Gasteiger charge is -2.46. The number of hydrogen-bond acceptors (Lipinski definition) is 6. The van der Waals surface area contributed by atoms with Gasteiger partial charge in [0.25, 0.3) is 5.91 Å². The summed E-state index contributed by atoms with van der Waals surface area (Å²) in [5.41, 5.74) is 5.70. The third-order valence-electron chi connectivity index (χ3n) is 5.79. The summed E-state index contributed by atoms with van der Waals surface area (Å²) in [4.78, 5) is 17.4. The van der Waals surface area contributed by atoms with Gasteiger partial charge in [-0.05, 0) is 24.6 Å². The SMILES string of the molecule is N=C/C(=C\N)[C@H]1C[C@H]2CSC(NC(=O)c3ccccc3)=N[C@@]2(c2ccc(F)cc2F)CO1. The molecule has 0 aliphatic carbocycles. The van der Waals surface area contributed by atoms with Crippen molar-refractivity contribution in [3.8, 4) is 0 Å². The number of aliphatic imine (C=N–C) groups is 1. The van der Waals surface area contributed by atoms with Gasteiger partial charge < -0.3 is 21.2 Å². The molecule has 6 nitrogen and oxygen atoms in total. The van der Waals surface area contributed by atoms with Crippen LogP contribution in [0.1, 0.15) is 22.3 Å². The predicted octanol–water partition coefficient (Wildman–Crippen LogP) is 3.59. The van der Waals surface area contributed by atoms with Crippen LogP contribution in [0.3, 0.4) is 0 Å². The van der Waals surface area contributed by atoms with Crippen molar-refractivity contribution in [3.05, 3.63) is 83.1 Å². The van der Waals surface area contributed by atoms with E-state index in [9.17, 15) is 13.6 Å². The number of hydrogen-bond donors (Lipinski definition) is 3. The maximum Gasteiger partial charge on any atom is 0.257 e. The van der Waals surface area contributed by atoms with Crippen LogP contribution >= 0.6 is 11.8 Å². The molecule has 32 heavy (non-hydrogen) atoms. The molecule has 2 aromatic carbocycles. The first kappa shape index (κ1) is 22.2. The van der Waals surface area contributed by atoms with Gasteiger partial charge in [-0.1, -0.05) is 36.0 Å². The van der Waals surface area contributed by atoms with E-state index in [1.54, 1.807) is 24.3 Å². The molecule has 0 bridgehead atoms. The Hall–Kier alpha value is -3.04. The van der Waals surface area contributed by atoms with Crippen LogP contribution in [0.15, 0.2) is 65.3 Å². The van der Waals surface area contributed by atoms with E-state index in [1.165, 1.54) is 30.1 Å². The molecule has 0 radical (unpaired) electrons. The number of nitrogens with two attached hydrogens (primary N) is 1. The van der Waals surface area contributed by atoms with E-state index < -0.39 is 23.3 Å². The zero-order valence-electron chi connectivity index (χ0n) is 17.1. The Balaban J connectivity index is 1.71. The number of benzene rings is 2. The monoisotopic (exact) mass is 456 g/mol. The lowest BCUT2D eigenvalue weighted by atomic mass is 9.74. The smallest absolute Gasteiger partial charge is 0.257 e. The van der Waals surface area contributed by atoms with Crippen LogP contribution < -0.4 is 11.1 Å². The molecule has 4 N–H and O–H groups in total. The van der Waals surface area contributed by atoms with E-state index >= 15 is 0 Å². The maximum atomic E-state index is 14.9. The number of rotatable bonds is 4. The van der Waals surface area contributed by atoms with E-state index in [-0.39, 0.29) is 24.0 Å². The Morgan fingerprint density at radius 2 is 2.06 bits per heavy atom. The summed E-state index contributed by atoms with van der Waals surface area (Å²) in [6.45, 7) is 0.00132. The zero-order valence-corrected chi connectivity index (χ0v) is 17.9. The number of halogens is 2. The Morgan fingerprint density at radius 1 is 1.28 bits per heavy atom. The highest BCUT2D eigenvalue weighted by Crippen LogP contribution is 2.47. The van der Waals surface area contributed by atoms with Gasteiger partial charge in [0.2, 0.25) is 0 Å². The highest BCUT2D eigenvalue weighted by atomic mass is 32.2. The molecule has 1 amide bonds. The fraction of sp³-hybridized carbons (Fsp3) is 0.261. The number of carbonyl (C=O) groups is 1. The average Bonchev–Trinajstić information content (AvgIpc) is 2.80. The fourth-order valence-corrected chi connectivity index (χ4v) is 5.25. The fourth-order valence-electron chi connectivity index (χ4n) is 4.09. The molecule has 0 saturated carbocycles. The quantitative estimate of drug-likeness (QED) is 0.612. The van der Waals surface area contributed by atoms with Crippen LogP contribution in [0, 0.1) is 23.0 Å². The summed E-state index contributed by atoms with van der Waals surface area (Å²) in [7, 11) is 0. The van der Waals surface area contributed by atoms with Gasteiger partial charge in [0.05, 0.1) is 12.7 Å². The molecule has 1 saturated heterocycles. The number of thioether (sulfide) groups is 1. The topological polar surface area (TPSA) is 101 Å². The molecule has 166 valence electrons. The Labute approximate surface area is 188 Å². The number of nitrogens with one attached hydrogen (secondary N) is 2. The molecule has 2 aromatic rings. The molecular weight excluding hydrogens is 434 g/mol. The van der Waals surface area contributed by atoms with Gasteiger partial charge in [-0.15, -0.1) is 0 Å². The van der Waals surface area contributed by atoms with Crippen molar-refractivity contribution in [3.63, 3.8) is 0 Å². The molecule has 9 heteroatoms. The van der Waals surface area contributed by atoms with E-state index in [1.807, 2.05) is 6.07 Å². The average molecular weight is 457 g/mol. The number of amides is 1. The normalized spacial score (nSPS) is 25.4. The number of ether oxygens (including phenoxy) is 1. The Morgan fingerprint density at radius 3 is 2.75 bits per heavy atom. The summed E-state index contributed by atoms with van der Waals surface area (Å²) in [5.74, 6) is -1.38. The van der Waals surface area contributed by atoms with Crippen LogP contribution in [-0.2, 0) is 10.3 Å². The summed E-state index contributed by atoms with van der Waals surface area (Å²) in [6, 6.07) is 12.1. The van der Waals surface area contributed by atoms with Crippen LogP contribution in [0.5, 0.6) is 0 Å². The van der Waals surface area contributed by atoms with E-state index in [0.29, 0.717) is 28.5 Å². The van der Waals surface area contributed by atoms with E-state index in [2.05, 4.69) is 5.32 Å². The highest BCUT2D eigenvalue weighted by Gasteiger charge is 2.50. The van der Waals surface area contributed by atoms with Gasteiger partial charge >= 0.3 is 0 Å². The van der Waals surface area contributed by atoms with Crippen molar-refractivity contribution in [2.75, 3.05) is 12.4 Å². The number of carbonyl (C=O) groups excluding carboxylic acids is 1. The predicted molar refractivity (Wildman–Crippen MR) is 121 cm³/mol. The van der Waals surface area contributed by atoms with Crippen molar-refractivity contribution < 1.29 is 18.3 Å². The van der Waals surface area contributed by atoms with Crippen LogP contribution in [0.4, 0.5) is 8.78 Å². The minimum Gasteiger partial charge on any atom is -0.404 e. The second-order valence-corrected chi connectivity index (χ2v) is 8.65. The Kier molecular flexibility index (Phi) is 6.38. The molecular formula is C23H22F2N4O2S. The summed E-state index contributed by atoms with van der Waals surface area (Å²) in [6.07, 6.45) is 2.50. The molecule has 3 atom stereocenters. The second kappa shape index (κ2) is 9.22. The summed E-state index contributed by atoms with van der Waals surface area (Å²) < 4.78 is 34.5. The first-order chi connectivity index (χ1) is 15.5. The van der Waals surface area contributed by atoms with E-state index in [4.69, 9.17) is 20.9 Å². The van der Waals surface area contributed by atoms with Crippen molar-refractivity contribution in [2.24, 2.45) is 16.6 Å². The molecule has 0 spiro atoms. The maximum absolute atomic E-state index is 14.9. The largest absolute Gasteiger partial charge is 0.404 e. The lowest BCUT2D eigenvalue weighted by molar-refractivity contribution is -0.0370. The van der Waals surface area contributed by atoms with Crippen LogP contribution in [0.25, 0.3) is 0 Å². The van der Waals surface area contributed by atoms with E-state index in [0.717, 1.165) is 12.3 Å². The summed E-state index contributed by atoms with van der Waals surface area (Å²) in [5, 5.41) is 10.7. The molecule has 0 aromatic heterocycles. The van der Waals surface area contributed by atoms with Crippen molar-refractivity contribution >= 4 is 29.1 Å². The first-order valence-corrected chi connectivity index (χ1v) is 11.0. The highest BCUT2D eigenvalue weighted by molar-refractivity contribution is 8.13. The Bertz CT molecular complexity index is 1090. The first-order valence-electron chi connectivity index (χ1n) is 10.1. The number of fused-ring (bicyclic) bond motifs is 1. The molecule has 0 unspecified atom stereocenters. The minimum absolute atomic E-state index is 0.00132. The molecule has 2 aliphatic rings. The van der Waals surface area contributed by atoms with Gasteiger partial charge in [-0.3, -0.25) is 4.79 Å². The standard InChI is InChI=1S/C23H22F2N4O2S/c24-17-6-7-18(19(25)9-17)23-13-31-20(15(10-26)11-27)8-16(23)12-32-22(29-23)28-21(30)14-4-2-1-3-5-14/h1-7,9-11,16,20,26H,8,12-13,27H2,(H,28,29,30)/b15-11+,26-10?/t16-,20+,23-/m0/s1. The minimum atomic E-state index is -1.14. The zero-order chi connectivity index (χ0) is 22.7. The molecule has 4 rings (SSSR count). The van der Waals surface area contributed by atoms with Gasteiger partial charge in [0.15, 0.2) is 5.17 Å². The van der Waals surface area contributed by atoms with Crippen LogP contribution in [0.2, 0.25) is 0 Å². The van der Waals surface area contributed by atoms with Gasteiger partial charge in [0.1, 0.15) is 17.2 Å². The van der Waals surface area contributed by atoms with Crippen molar-refractivity contribution in [1.82, 2.24) is 5.32 Å². The van der Waals surface area contributed by atoms with Gasteiger partial charge in [-0.2, -0.15) is 0 Å². The third kappa shape index (κ3) is 4.18. The van der Waals surface area contributed by atoms with Gasteiger partial charge in [0, 0.05) is 46.9 Å². The number of nitrogens with zero attached hydrogens (tertiary/aromatic N) is 1. The molecule has 2 heterocycles. The molecule has 2 aliphatic heterocycles. The third-order valence-corrected chi connectivity index (χ3v) is 6.82. The number of amidine groups is 1. The second-order valence-electron chi connectivity index (χ2n) is 7.64. The van der Waals surface area contributed by atoms with Crippen molar-refractivity contribution in [1.29, 1.82) is 5.41 Å². The summed E-state index contributed by atoms with van der Waals surface area (Å²) >= 11 is 1.36. The lowest BCUT2D eigenvalue weighted by Crippen LogP contribution is -2.51. The van der Waals surface area contributed by atoms with Crippen LogP contribution in [-0.4, -0.2) is 35.8 Å².